The van der Waals surface area contributed by atoms with Gasteiger partial charge < -0.3 is 10.5 Å². The van der Waals surface area contributed by atoms with Gasteiger partial charge in [-0.3, -0.25) is 0 Å². The minimum Gasteiger partial charge on any atom is -0.398 e. The third-order valence-electron chi connectivity index (χ3n) is 2.79. The molecule has 0 saturated carbocycles. The summed E-state index contributed by atoms with van der Waals surface area (Å²) >= 11 is 3.24. The minimum atomic E-state index is -3.54. The number of anilines is 1. The van der Waals surface area contributed by atoms with E-state index in [0.29, 0.717) is 23.3 Å². The van der Waals surface area contributed by atoms with Crippen molar-refractivity contribution in [3.8, 4) is 0 Å². The van der Waals surface area contributed by atoms with E-state index < -0.39 is 10.0 Å². The van der Waals surface area contributed by atoms with Gasteiger partial charge in [0.15, 0.2) is 0 Å². The molecule has 108 valence electrons. The molecule has 0 fully saturated rings. The number of likely N-dealkylation sites (N-methyl/N-ethyl adjacent to an activating group) is 1. The first kappa shape index (κ1) is 16.4. The molecule has 0 spiro atoms. The highest BCUT2D eigenvalue weighted by molar-refractivity contribution is 9.10. The van der Waals surface area contributed by atoms with Gasteiger partial charge in [-0.25, -0.2) is 8.42 Å². The van der Waals surface area contributed by atoms with Crippen LogP contribution < -0.4 is 5.73 Å². The van der Waals surface area contributed by atoms with E-state index in [-0.39, 0.29) is 10.9 Å². The van der Waals surface area contributed by atoms with Crippen molar-refractivity contribution in [1.82, 2.24) is 4.31 Å². The number of nitrogens with zero attached hydrogens (tertiary/aromatic N) is 1. The lowest BCUT2D eigenvalue weighted by Crippen LogP contribution is -2.40. The van der Waals surface area contributed by atoms with Gasteiger partial charge in [-0.1, -0.05) is 6.92 Å². The minimum absolute atomic E-state index is 0.221. The maximum atomic E-state index is 12.6. The van der Waals surface area contributed by atoms with Crippen LogP contribution in [0.25, 0.3) is 0 Å². The lowest BCUT2D eigenvalue weighted by atomic mass is 10.3. The number of sulfonamides is 1. The van der Waals surface area contributed by atoms with Crippen LogP contribution in [0.2, 0.25) is 0 Å². The highest BCUT2D eigenvalue weighted by atomic mass is 79.9. The highest BCUT2D eigenvalue weighted by Crippen LogP contribution is 2.26. The second-order valence-electron chi connectivity index (χ2n) is 4.20. The fourth-order valence-corrected chi connectivity index (χ4v) is 4.03. The number of ether oxygens (including phenoxy) is 1. The van der Waals surface area contributed by atoms with E-state index in [0.717, 1.165) is 0 Å². The fraction of sp³-hybridized carbons (Fsp3) is 0.500. The first-order chi connectivity index (χ1) is 8.84. The third-order valence-corrected chi connectivity index (χ3v) is 5.56. The van der Waals surface area contributed by atoms with Gasteiger partial charge in [-0.05, 0) is 41.1 Å². The van der Waals surface area contributed by atoms with Crippen molar-refractivity contribution in [2.24, 2.45) is 0 Å². The first-order valence-electron chi connectivity index (χ1n) is 5.90. The standard InChI is InChI=1S/C12H19BrN2O3S/c1-4-15(9(2)8-18-3)19(16,17)10-5-6-12(14)11(13)7-10/h5-7,9H,4,8,14H2,1-3H3. The molecule has 0 radical (unpaired) electrons. The molecule has 0 heterocycles. The lowest BCUT2D eigenvalue weighted by Gasteiger charge is -2.26. The smallest absolute Gasteiger partial charge is 0.243 e. The molecule has 0 saturated heterocycles. The van der Waals surface area contributed by atoms with Crippen molar-refractivity contribution in [3.05, 3.63) is 22.7 Å². The van der Waals surface area contributed by atoms with Crippen LogP contribution in [0.1, 0.15) is 13.8 Å². The zero-order chi connectivity index (χ0) is 14.6. The molecule has 1 rings (SSSR count). The average molecular weight is 351 g/mol. The van der Waals surface area contributed by atoms with Gasteiger partial charge >= 0.3 is 0 Å². The predicted octanol–water partition coefficient (Wildman–Crippen LogP) is 2.08. The Hall–Kier alpha value is -0.630. The van der Waals surface area contributed by atoms with E-state index in [1.807, 2.05) is 6.92 Å². The summed E-state index contributed by atoms with van der Waals surface area (Å²) in [6, 6.07) is 4.38. The summed E-state index contributed by atoms with van der Waals surface area (Å²) in [5, 5.41) is 0. The van der Waals surface area contributed by atoms with Gasteiger partial charge in [0.2, 0.25) is 10.0 Å². The van der Waals surface area contributed by atoms with E-state index in [1.54, 1.807) is 20.1 Å². The molecular formula is C12H19BrN2O3S. The van der Waals surface area contributed by atoms with E-state index >= 15 is 0 Å². The Labute approximate surface area is 122 Å². The molecule has 1 unspecified atom stereocenters. The van der Waals surface area contributed by atoms with Crippen LogP contribution in [0.4, 0.5) is 5.69 Å². The molecule has 0 bridgehead atoms. The Morgan fingerprint density at radius 1 is 1.47 bits per heavy atom. The summed E-state index contributed by atoms with van der Waals surface area (Å²) in [5.41, 5.74) is 6.18. The Morgan fingerprint density at radius 3 is 2.58 bits per heavy atom. The summed E-state index contributed by atoms with van der Waals surface area (Å²) in [5.74, 6) is 0. The SMILES string of the molecule is CCN(C(C)COC)S(=O)(=O)c1ccc(N)c(Br)c1. The summed E-state index contributed by atoms with van der Waals surface area (Å²) in [4.78, 5) is 0.221. The number of nitrogen functional groups attached to an aromatic ring is 1. The fourth-order valence-electron chi connectivity index (χ4n) is 1.85. The molecule has 0 amide bonds. The Morgan fingerprint density at radius 2 is 2.11 bits per heavy atom. The molecule has 0 aromatic heterocycles. The van der Waals surface area contributed by atoms with Crippen LogP contribution in [0.3, 0.4) is 0 Å². The molecule has 1 aromatic carbocycles. The Balaban J connectivity index is 3.16. The van der Waals surface area contributed by atoms with E-state index in [4.69, 9.17) is 10.5 Å². The number of methoxy groups -OCH3 is 1. The number of halogens is 1. The van der Waals surface area contributed by atoms with Crippen LogP contribution in [-0.4, -0.2) is 39.0 Å². The van der Waals surface area contributed by atoms with Gasteiger partial charge in [0.25, 0.3) is 0 Å². The van der Waals surface area contributed by atoms with Crippen molar-refractivity contribution in [3.63, 3.8) is 0 Å². The second-order valence-corrected chi connectivity index (χ2v) is 6.94. The van der Waals surface area contributed by atoms with E-state index in [9.17, 15) is 8.42 Å². The Kier molecular flexibility index (Phi) is 5.79. The lowest BCUT2D eigenvalue weighted by molar-refractivity contribution is 0.142. The van der Waals surface area contributed by atoms with Crippen LogP contribution in [-0.2, 0) is 14.8 Å². The predicted molar refractivity (Wildman–Crippen MR) is 79.5 cm³/mol. The number of hydrogen-bond donors (Lipinski definition) is 1. The normalized spacial score (nSPS) is 13.7. The Bertz CT molecular complexity index is 534. The van der Waals surface area contributed by atoms with E-state index in [2.05, 4.69) is 15.9 Å². The molecule has 1 atom stereocenters. The van der Waals surface area contributed by atoms with Crippen molar-refractivity contribution in [1.29, 1.82) is 0 Å². The van der Waals surface area contributed by atoms with E-state index in [1.165, 1.54) is 16.4 Å². The van der Waals surface area contributed by atoms with Crippen LogP contribution >= 0.6 is 15.9 Å². The molecule has 1 aromatic rings. The quantitative estimate of drug-likeness (QED) is 0.797. The molecule has 0 aliphatic rings. The van der Waals surface area contributed by atoms with Crippen molar-refractivity contribution in [2.75, 3.05) is 26.0 Å². The molecule has 7 heteroatoms. The molecule has 5 nitrogen and oxygen atoms in total. The number of rotatable bonds is 6. The second kappa shape index (κ2) is 6.69. The van der Waals surface area contributed by atoms with Gasteiger partial charge in [0, 0.05) is 29.9 Å². The largest absolute Gasteiger partial charge is 0.398 e. The van der Waals surface area contributed by atoms with Gasteiger partial charge in [0.05, 0.1) is 11.5 Å². The van der Waals surface area contributed by atoms with Crippen LogP contribution in [0.15, 0.2) is 27.6 Å². The monoisotopic (exact) mass is 350 g/mol. The average Bonchev–Trinajstić information content (AvgIpc) is 2.33. The molecule has 19 heavy (non-hydrogen) atoms. The summed E-state index contributed by atoms with van der Waals surface area (Å²) in [6.45, 7) is 4.35. The van der Waals surface area contributed by atoms with Gasteiger partial charge in [-0.15, -0.1) is 0 Å². The molecule has 2 N–H and O–H groups in total. The number of benzene rings is 1. The van der Waals surface area contributed by atoms with Crippen LogP contribution in [0.5, 0.6) is 0 Å². The van der Waals surface area contributed by atoms with Crippen LogP contribution in [0, 0.1) is 0 Å². The molecular weight excluding hydrogens is 332 g/mol. The summed E-state index contributed by atoms with van der Waals surface area (Å²) < 4.78 is 32.1. The maximum absolute atomic E-state index is 12.6. The third kappa shape index (κ3) is 3.68. The topological polar surface area (TPSA) is 72.6 Å². The maximum Gasteiger partial charge on any atom is 0.243 e. The summed E-state index contributed by atoms with van der Waals surface area (Å²) in [7, 11) is -1.99. The number of nitrogens with two attached hydrogens (primary N) is 1. The van der Waals surface area contributed by atoms with Crippen molar-refractivity contribution >= 4 is 31.6 Å². The zero-order valence-electron chi connectivity index (χ0n) is 11.3. The van der Waals surface area contributed by atoms with Crippen molar-refractivity contribution in [2.45, 2.75) is 24.8 Å². The molecule has 0 aliphatic heterocycles. The summed E-state index contributed by atoms with van der Waals surface area (Å²) in [6.07, 6.45) is 0. The first-order valence-corrected chi connectivity index (χ1v) is 8.13. The molecule has 0 aliphatic carbocycles. The number of hydrogen-bond acceptors (Lipinski definition) is 4. The van der Waals surface area contributed by atoms with Crippen molar-refractivity contribution < 1.29 is 13.2 Å². The zero-order valence-corrected chi connectivity index (χ0v) is 13.7. The van der Waals surface area contributed by atoms with Gasteiger partial charge in [-0.2, -0.15) is 4.31 Å². The highest BCUT2D eigenvalue weighted by Gasteiger charge is 2.27. The van der Waals surface area contributed by atoms with Gasteiger partial charge in [0.1, 0.15) is 0 Å².